The molecule has 0 aliphatic carbocycles. The van der Waals surface area contributed by atoms with Crippen LogP contribution in [-0.4, -0.2) is 21.6 Å². The molecule has 0 aliphatic rings. The van der Waals surface area contributed by atoms with Crippen LogP contribution >= 0.6 is 27.5 Å². The van der Waals surface area contributed by atoms with Crippen LogP contribution in [-0.2, 0) is 0 Å². The van der Waals surface area contributed by atoms with Gasteiger partial charge in [0, 0.05) is 6.07 Å². The van der Waals surface area contributed by atoms with Crippen molar-refractivity contribution in [2.45, 2.75) is 13.3 Å². The van der Waals surface area contributed by atoms with Gasteiger partial charge in [-0.1, -0.05) is 6.92 Å². The molecule has 0 unspecified atom stereocenters. The summed E-state index contributed by atoms with van der Waals surface area (Å²) < 4.78 is 32.4. The minimum absolute atomic E-state index is 0.0114. The lowest BCUT2D eigenvalue weighted by molar-refractivity contribution is 0.292. The van der Waals surface area contributed by atoms with Gasteiger partial charge in [0.05, 0.1) is 16.8 Å². The highest BCUT2D eigenvalue weighted by molar-refractivity contribution is 9.10. The molecule has 5 nitrogen and oxygen atoms in total. The number of rotatable bonds is 5. The van der Waals surface area contributed by atoms with Crippen LogP contribution in [0.3, 0.4) is 0 Å². The second-order valence-corrected chi connectivity index (χ2v) is 5.12. The molecule has 0 saturated heterocycles. The van der Waals surface area contributed by atoms with Gasteiger partial charge < -0.3 is 10.1 Å². The molecule has 0 fully saturated rings. The lowest BCUT2D eigenvalue weighted by Gasteiger charge is -2.08. The van der Waals surface area contributed by atoms with Gasteiger partial charge in [-0.25, -0.2) is 8.78 Å². The zero-order valence-electron chi connectivity index (χ0n) is 10.8. The Labute approximate surface area is 132 Å². The zero-order valence-corrected chi connectivity index (χ0v) is 13.2. The first kappa shape index (κ1) is 15.8. The van der Waals surface area contributed by atoms with E-state index in [1.807, 2.05) is 6.92 Å². The van der Waals surface area contributed by atoms with Crippen molar-refractivity contribution in [3.05, 3.63) is 33.5 Å². The maximum Gasteiger partial charge on any atom is 0.322 e. The fourth-order valence-corrected chi connectivity index (χ4v) is 1.85. The van der Waals surface area contributed by atoms with Crippen molar-refractivity contribution in [2.75, 3.05) is 11.9 Å². The molecule has 1 heterocycles. The van der Waals surface area contributed by atoms with E-state index in [2.05, 4.69) is 36.2 Å². The van der Waals surface area contributed by atoms with Crippen molar-refractivity contribution < 1.29 is 13.5 Å². The molecule has 0 aliphatic heterocycles. The summed E-state index contributed by atoms with van der Waals surface area (Å²) in [6, 6.07) is 1.98. The Morgan fingerprint density at radius 3 is 2.71 bits per heavy atom. The first-order valence-electron chi connectivity index (χ1n) is 5.95. The highest BCUT2D eigenvalue weighted by atomic mass is 79.9. The summed E-state index contributed by atoms with van der Waals surface area (Å²) in [5.41, 5.74) is -0.126. The van der Waals surface area contributed by atoms with E-state index in [1.165, 1.54) is 0 Å². The van der Waals surface area contributed by atoms with Crippen molar-refractivity contribution in [1.82, 2.24) is 15.0 Å². The van der Waals surface area contributed by atoms with Gasteiger partial charge in [0.25, 0.3) is 0 Å². The summed E-state index contributed by atoms with van der Waals surface area (Å²) in [5.74, 6) is -1.33. The van der Waals surface area contributed by atoms with E-state index in [9.17, 15) is 8.78 Å². The van der Waals surface area contributed by atoms with Gasteiger partial charge >= 0.3 is 6.01 Å². The van der Waals surface area contributed by atoms with Crippen LogP contribution in [0.15, 0.2) is 16.6 Å². The number of benzene rings is 1. The molecule has 2 rings (SSSR count). The van der Waals surface area contributed by atoms with Gasteiger partial charge in [-0.2, -0.15) is 15.0 Å². The van der Waals surface area contributed by atoms with E-state index in [0.717, 1.165) is 18.6 Å². The molecule has 0 amide bonds. The van der Waals surface area contributed by atoms with Gasteiger partial charge in [-0.3, -0.25) is 0 Å². The summed E-state index contributed by atoms with van der Waals surface area (Å²) in [7, 11) is 0. The predicted octanol–water partition coefficient (Wildman–Crippen LogP) is 4.10. The number of hydrogen-bond donors (Lipinski definition) is 1. The summed E-state index contributed by atoms with van der Waals surface area (Å²) in [6.45, 7) is 2.32. The Morgan fingerprint density at radius 2 is 2.00 bits per heavy atom. The second kappa shape index (κ2) is 6.95. The third-order valence-electron chi connectivity index (χ3n) is 2.28. The standard InChI is InChI=1S/C12H10BrClF2N4O/c1-2-3-21-12-19-10(14)18-11(20-12)17-9-5-7(15)6(13)4-8(9)16/h4-5H,2-3H2,1H3,(H,17,18,19,20). The minimum Gasteiger partial charge on any atom is -0.463 e. The molecule has 9 heteroatoms. The number of aromatic nitrogens is 3. The molecule has 1 N–H and O–H groups in total. The van der Waals surface area contributed by atoms with E-state index >= 15 is 0 Å². The zero-order chi connectivity index (χ0) is 15.4. The van der Waals surface area contributed by atoms with E-state index in [0.29, 0.717) is 6.61 Å². The van der Waals surface area contributed by atoms with E-state index in [1.54, 1.807) is 0 Å². The Morgan fingerprint density at radius 1 is 1.24 bits per heavy atom. The number of hydrogen-bond acceptors (Lipinski definition) is 5. The quantitative estimate of drug-likeness (QED) is 0.793. The normalized spacial score (nSPS) is 10.5. The molecule has 0 bridgehead atoms. The predicted molar refractivity (Wildman–Crippen MR) is 78.0 cm³/mol. The number of anilines is 2. The average molecular weight is 380 g/mol. The van der Waals surface area contributed by atoms with Crippen LogP contribution in [0.4, 0.5) is 20.4 Å². The lowest BCUT2D eigenvalue weighted by atomic mass is 10.3. The SMILES string of the molecule is CCCOc1nc(Cl)nc(Nc2cc(F)c(Br)cc2F)n1. The Hall–Kier alpha value is -1.54. The number of nitrogens with one attached hydrogen (secondary N) is 1. The summed E-state index contributed by atoms with van der Waals surface area (Å²) in [5, 5.41) is 2.42. The summed E-state index contributed by atoms with van der Waals surface area (Å²) in [4.78, 5) is 11.5. The number of nitrogens with zero attached hydrogens (tertiary/aromatic N) is 3. The molecule has 0 radical (unpaired) electrons. The van der Waals surface area contributed by atoms with Crippen molar-refractivity contribution in [3.63, 3.8) is 0 Å². The molecule has 21 heavy (non-hydrogen) atoms. The smallest absolute Gasteiger partial charge is 0.322 e. The lowest BCUT2D eigenvalue weighted by Crippen LogP contribution is -2.05. The molecular formula is C12H10BrClF2N4O. The van der Waals surface area contributed by atoms with Crippen molar-refractivity contribution in [3.8, 4) is 6.01 Å². The van der Waals surface area contributed by atoms with Crippen molar-refractivity contribution in [2.24, 2.45) is 0 Å². The summed E-state index contributed by atoms with van der Waals surface area (Å²) in [6.07, 6.45) is 0.763. The van der Waals surface area contributed by atoms with E-state index < -0.39 is 11.6 Å². The van der Waals surface area contributed by atoms with Crippen LogP contribution < -0.4 is 10.1 Å². The highest BCUT2D eigenvalue weighted by Crippen LogP contribution is 2.25. The fourth-order valence-electron chi connectivity index (χ4n) is 1.38. The Bertz CT molecular complexity index is 659. The van der Waals surface area contributed by atoms with Gasteiger partial charge in [0.15, 0.2) is 0 Å². The monoisotopic (exact) mass is 378 g/mol. The Balaban J connectivity index is 2.27. The van der Waals surface area contributed by atoms with Crippen molar-refractivity contribution in [1.29, 1.82) is 0 Å². The maximum absolute atomic E-state index is 13.7. The van der Waals surface area contributed by atoms with E-state index in [4.69, 9.17) is 16.3 Å². The largest absolute Gasteiger partial charge is 0.463 e. The van der Waals surface area contributed by atoms with Crippen LogP contribution in [0, 0.1) is 11.6 Å². The number of halogens is 4. The molecule has 0 spiro atoms. The molecule has 0 atom stereocenters. The molecule has 1 aromatic heterocycles. The molecule has 2 aromatic rings. The first-order chi connectivity index (χ1) is 9.99. The van der Waals surface area contributed by atoms with Crippen LogP contribution in [0.25, 0.3) is 0 Å². The minimum atomic E-state index is -0.671. The van der Waals surface area contributed by atoms with Crippen molar-refractivity contribution >= 4 is 39.2 Å². The molecule has 0 saturated carbocycles. The average Bonchev–Trinajstić information content (AvgIpc) is 2.42. The topological polar surface area (TPSA) is 59.9 Å². The third kappa shape index (κ3) is 4.21. The molecular weight excluding hydrogens is 370 g/mol. The fraction of sp³-hybridized carbons (Fsp3) is 0.250. The summed E-state index contributed by atoms with van der Waals surface area (Å²) >= 11 is 8.63. The van der Waals surface area contributed by atoms with Gasteiger partial charge in [0.1, 0.15) is 11.6 Å². The van der Waals surface area contributed by atoms with Crippen LogP contribution in [0.1, 0.15) is 13.3 Å². The maximum atomic E-state index is 13.7. The second-order valence-electron chi connectivity index (χ2n) is 3.93. The van der Waals surface area contributed by atoms with E-state index in [-0.39, 0.29) is 27.4 Å². The number of ether oxygens (including phenoxy) is 1. The molecule has 112 valence electrons. The van der Waals surface area contributed by atoms with Gasteiger partial charge in [-0.05, 0) is 40.0 Å². The highest BCUT2D eigenvalue weighted by Gasteiger charge is 2.12. The van der Waals surface area contributed by atoms with Crippen LogP contribution in [0.2, 0.25) is 5.28 Å². The first-order valence-corrected chi connectivity index (χ1v) is 7.12. The van der Waals surface area contributed by atoms with Gasteiger partial charge in [-0.15, -0.1) is 0 Å². The third-order valence-corrected chi connectivity index (χ3v) is 3.06. The Kier molecular flexibility index (Phi) is 5.24. The molecule has 1 aromatic carbocycles. The van der Waals surface area contributed by atoms with Gasteiger partial charge in [0.2, 0.25) is 11.2 Å². The van der Waals surface area contributed by atoms with Crippen LogP contribution in [0.5, 0.6) is 6.01 Å².